The number of hydrogen-bond acceptors (Lipinski definition) is 4. The van der Waals surface area contributed by atoms with Gasteiger partial charge < -0.3 is 12.4 Å². The van der Waals surface area contributed by atoms with Crippen LogP contribution in [0.1, 0.15) is 116 Å². The summed E-state index contributed by atoms with van der Waals surface area (Å²) in [5, 5.41) is 0. The van der Waals surface area contributed by atoms with Crippen molar-refractivity contribution in [3.63, 3.8) is 0 Å². The zero-order chi connectivity index (χ0) is 21.9. The molecule has 0 amide bonds. The van der Waals surface area contributed by atoms with E-state index in [0.717, 1.165) is 64.2 Å². The van der Waals surface area contributed by atoms with Crippen LogP contribution in [0.4, 0.5) is 0 Å². The van der Waals surface area contributed by atoms with E-state index in [0.29, 0.717) is 0 Å². The molecule has 182 valence electrons. The van der Waals surface area contributed by atoms with Gasteiger partial charge in [-0.1, -0.05) is 0 Å². The second-order valence-corrected chi connectivity index (χ2v) is 13.2. The van der Waals surface area contributed by atoms with E-state index in [1.807, 2.05) is 0 Å². The van der Waals surface area contributed by atoms with Crippen molar-refractivity contribution in [1.82, 2.24) is 0 Å². The van der Waals surface area contributed by atoms with Gasteiger partial charge in [-0.05, 0) is 0 Å². The van der Waals surface area contributed by atoms with Crippen LogP contribution in [-0.2, 0) is 34.9 Å². The quantitative estimate of drug-likeness (QED) is 0.520. The molecule has 0 atom stereocenters. The second-order valence-electron chi connectivity index (χ2n) is 10.7. The summed E-state index contributed by atoms with van der Waals surface area (Å²) < 4.78 is 12.9. The zero-order valence-electron chi connectivity index (χ0n) is 20.0. The molecule has 2 saturated carbocycles. The van der Waals surface area contributed by atoms with Crippen LogP contribution in [0.2, 0.25) is 4.22 Å². The average Bonchev–Trinajstić information content (AvgIpc) is 3.19. The maximum absolute atomic E-state index is 13.2. The molecule has 5 rings (SSSR count). The summed E-state index contributed by atoms with van der Waals surface area (Å²) in [4.78, 5) is 26.5. The van der Waals surface area contributed by atoms with E-state index in [1.165, 1.54) is 62.5 Å². The van der Waals surface area contributed by atoms with Gasteiger partial charge in [0.2, 0.25) is 0 Å². The molecule has 6 heteroatoms. The summed E-state index contributed by atoms with van der Waals surface area (Å²) in [5.74, 6) is -0.0841. The first kappa shape index (κ1) is 25.5. The van der Waals surface area contributed by atoms with E-state index in [-0.39, 0.29) is 40.4 Å². The number of rotatable bonds is 5. The van der Waals surface area contributed by atoms with E-state index in [2.05, 4.69) is 0 Å². The molecule has 0 aromatic heterocycles. The number of carbonyl (C=O) groups excluding carboxylic acids is 2. The molecule has 0 aromatic rings. The van der Waals surface area contributed by atoms with Gasteiger partial charge in [-0.2, -0.15) is 0 Å². The Kier molecular flexibility index (Phi) is 9.21. The van der Waals surface area contributed by atoms with Crippen LogP contribution in [0.3, 0.4) is 0 Å². The Bertz CT molecular complexity index is 728. The Morgan fingerprint density at radius 1 is 0.576 bits per heavy atom. The largest absolute Gasteiger partial charge is 1.00 e. The number of fused-ring (bicyclic) bond motifs is 1. The normalized spacial score (nSPS) is 24.6. The van der Waals surface area contributed by atoms with E-state index in [4.69, 9.17) is 6.64 Å². The Morgan fingerprint density at radius 3 is 1.39 bits per heavy atom. The van der Waals surface area contributed by atoms with Crippen LogP contribution in [0.15, 0.2) is 22.3 Å². The molecule has 0 spiro atoms. The van der Waals surface area contributed by atoms with Crippen LogP contribution in [0.5, 0.6) is 0 Å². The van der Waals surface area contributed by atoms with Gasteiger partial charge in [-0.15, -0.1) is 0 Å². The molecule has 5 aliphatic carbocycles. The monoisotopic (exact) mass is 510 g/mol. The molecule has 0 N–H and O–H groups in total. The van der Waals surface area contributed by atoms with Crippen molar-refractivity contribution in [1.29, 1.82) is 0 Å². The predicted molar refractivity (Wildman–Crippen MR) is 120 cm³/mol. The third kappa shape index (κ3) is 5.64. The van der Waals surface area contributed by atoms with Crippen molar-refractivity contribution >= 4 is 11.9 Å². The van der Waals surface area contributed by atoms with Crippen molar-refractivity contribution in [3.05, 3.63) is 22.3 Å². The van der Waals surface area contributed by atoms with Gasteiger partial charge in [0.05, 0.1) is 0 Å². The van der Waals surface area contributed by atoms with Gasteiger partial charge in [0, 0.05) is 0 Å². The van der Waals surface area contributed by atoms with Crippen LogP contribution < -0.4 is 12.4 Å². The van der Waals surface area contributed by atoms with Crippen LogP contribution >= 0.6 is 0 Å². The van der Waals surface area contributed by atoms with Gasteiger partial charge in [-0.3, -0.25) is 0 Å². The van der Waals surface area contributed by atoms with Gasteiger partial charge in [0.1, 0.15) is 0 Å². The minimum atomic E-state index is -2.90. The summed E-state index contributed by atoms with van der Waals surface area (Å²) in [6.07, 6.45) is 20.2. The first-order valence-electron chi connectivity index (χ1n) is 13.5. The summed E-state index contributed by atoms with van der Waals surface area (Å²) in [6, 6.07) is 0. The number of carbonyl (C=O) groups is 2. The van der Waals surface area contributed by atoms with E-state index < -0.39 is 18.6 Å². The van der Waals surface area contributed by atoms with Crippen molar-refractivity contribution in [2.75, 3.05) is 0 Å². The summed E-state index contributed by atoms with van der Waals surface area (Å²) in [5.41, 5.74) is 6.16. The van der Waals surface area contributed by atoms with E-state index in [9.17, 15) is 9.59 Å². The van der Waals surface area contributed by atoms with Crippen molar-refractivity contribution in [3.8, 4) is 0 Å². The van der Waals surface area contributed by atoms with Crippen LogP contribution in [-0.4, -0.2) is 11.9 Å². The summed E-state index contributed by atoms with van der Waals surface area (Å²) in [7, 11) is 0. The summed E-state index contributed by atoms with van der Waals surface area (Å²) >= 11 is -2.90. The smallest absolute Gasteiger partial charge is 1.00 e. The fraction of sp³-hybridized carbons (Fsp3) is 0.778. The second kappa shape index (κ2) is 11.9. The molecule has 33 heavy (non-hydrogen) atoms. The van der Waals surface area contributed by atoms with Gasteiger partial charge >= 0.3 is 201 Å². The molecule has 0 aromatic carbocycles. The minimum Gasteiger partial charge on any atom is -1.00 e. The fourth-order valence-corrected chi connectivity index (χ4v) is 10.3. The standard InChI is InChI=1S/C13H17.2C7H12O2.ClH.Ti/c1-3-7-12-10(5-1)9-11-6-2-4-8-13(11)12;2*8-7(9)6-4-2-1-3-5-6;;/h9H,1-8H2;2*6H,1-5H2,(H,8,9);1H;/q;;;;+3/p-3. The molecule has 2 fully saturated rings. The Balaban J connectivity index is 0.00000259. The van der Waals surface area contributed by atoms with Crippen LogP contribution in [0, 0.1) is 11.8 Å². The van der Waals surface area contributed by atoms with E-state index >= 15 is 0 Å². The molecule has 4 nitrogen and oxygen atoms in total. The Morgan fingerprint density at radius 2 is 0.970 bits per heavy atom. The summed E-state index contributed by atoms with van der Waals surface area (Å²) in [6.45, 7) is 0. The van der Waals surface area contributed by atoms with Crippen LogP contribution in [0.25, 0.3) is 0 Å². The molecule has 0 saturated heterocycles. The van der Waals surface area contributed by atoms with Crippen molar-refractivity contribution in [2.45, 2.75) is 120 Å². The maximum atomic E-state index is 13.2. The molecule has 0 radical (unpaired) electrons. The number of halogens is 1. The van der Waals surface area contributed by atoms with Gasteiger partial charge in [-0.25, -0.2) is 0 Å². The third-order valence-corrected chi connectivity index (χ3v) is 11.7. The van der Waals surface area contributed by atoms with Gasteiger partial charge in [0.15, 0.2) is 0 Å². The minimum absolute atomic E-state index is 0. The third-order valence-electron chi connectivity index (χ3n) is 8.60. The molecule has 0 aliphatic heterocycles. The maximum Gasteiger partial charge on any atom is -1.00 e. The Hall–Kier alpha value is -0.576. The fourth-order valence-electron chi connectivity index (χ4n) is 6.86. The van der Waals surface area contributed by atoms with E-state index in [1.54, 1.807) is 11.1 Å². The first-order chi connectivity index (χ1) is 15.7. The Labute approximate surface area is 212 Å². The molecular formula is C27H39ClO4Ti. The molecule has 5 aliphatic rings. The number of allylic oxidation sites excluding steroid dienone is 4. The van der Waals surface area contributed by atoms with Crippen molar-refractivity contribution in [2.24, 2.45) is 11.8 Å². The molecule has 0 heterocycles. The first-order valence-corrected chi connectivity index (χ1v) is 15.6. The molecule has 0 unspecified atom stereocenters. The van der Waals surface area contributed by atoms with Gasteiger partial charge in [0.25, 0.3) is 0 Å². The topological polar surface area (TPSA) is 52.6 Å². The van der Waals surface area contributed by atoms with Crippen molar-refractivity contribution < 1.29 is 47.3 Å². The average molecular weight is 511 g/mol. The number of hydrogen-bond donors (Lipinski definition) is 0. The molecule has 0 bridgehead atoms. The predicted octanol–water partition coefficient (Wildman–Crippen LogP) is 4.23. The SMILES string of the molecule is O=C([O][Ti+]([O]C(=O)C1CCCCC1)[CH]1C2=C(CCCC2)C2=C1CCCC2)C1CCCCC1.[Cl-]. The molecular weight excluding hydrogens is 472 g/mol. The zero-order valence-corrected chi connectivity index (χ0v) is 22.3.